The molecule has 4 nitrogen and oxygen atoms in total. The van der Waals surface area contributed by atoms with Crippen LogP contribution < -0.4 is 5.32 Å². The molecular weight excluding hydrogens is 390 g/mol. The fourth-order valence-electron chi connectivity index (χ4n) is 1.84. The number of nitrogens with one attached hydrogen (secondary N) is 1. The summed E-state index contributed by atoms with van der Waals surface area (Å²) >= 11 is 6.63. The molecule has 0 fully saturated rings. The predicted octanol–water partition coefficient (Wildman–Crippen LogP) is 3.69. The summed E-state index contributed by atoms with van der Waals surface area (Å²) in [7, 11) is 0. The van der Waals surface area contributed by atoms with E-state index in [2.05, 4.69) is 37.2 Å². The highest BCUT2D eigenvalue weighted by Crippen LogP contribution is 2.20. The average molecular weight is 407 g/mol. The first-order valence-electron chi connectivity index (χ1n) is 6.26. The second-order valence-corrected chi connectivity index (χ2v) is 6.86. The topological polar surface area (TPSA) is 66.4 Å². The number of amides is 1. The van der Waals surface area contributed by atoms with Gasteiger partial charge in [-0.3, -0.25) is 9.59 Å². The number of carboxylic acid groups (broad SMARTS) is 1. The van der Waals surface area contributed by atoms with Gasteiger partial charge in [0.2, 0.25) is 0 Å². The maximum absolute atomic E-state index is 12.0. The third-order valence-electron chi connectivity index (χ3n) is 2.74. The van der Waals surface area contributed by atoms with E-state index in [0.29, 0.717) is 12.0 Å². The van der Waals surface area contributed by atoms with Crippen LogP contribution in [-0.2, 0) is 4.79 Å². The zero-order chi connectivity index (χ0) is 15.3. The fraction of sp³-hybridized carbons (Fsp3) is 0.429. The molecule has 0 saturated carbocycles. The molecule has 0 aliphatic carbocycles. The van der Waals surface area contributed by atoms with E-state index in [4.69, 9.17) is 5.11 Å². The van der Waals surface area contributed by atoms with E-state index >= 15 is 0 Å². The zero-order valence-electron chi connectivity index (χ0n) is 11.3. The Labute approximate surface area is 135 Å². The van der Waals surface area contributed by atoms with Crippen LogP contribution in [0.15, 0.2) is 27.1 Å². The summed E-state index contributed by atoms with van der Waals surface area (Å²) in [6.45, 7) is 4.06. The van der Waals surface area contributed by atoms with Crippen LogP contribution >= 0.6 is 31.9 Å². The van der Waals surface area contributed by atoms with Crippen LogP contribution in [0.5, 0.6) is 0 Å². The third kappa shape index (κ3) is 5.63. The van der Waals surface area contributed by atoms with E-state index in [1.54, 1.807) is 12.1 Å². The van der Waals surface area contributed by atoms with Crippen LogP contribution in [0.25, 0.3) is 0 Å². The molecule has 0 aromatic heterocycles. The van der Waals surface area contributed by atoms with Crippen LogP contribution in [-0.4, -0.2) is 23.5 Å². The van der Waals surface area contributed by atoms with Crippen LogP contribution in [0.3, 0.4) is 0 Å². The maximum Gasteiger partial charge on any atom is 0.308 e. The smallest absolute Gasteiger partial charge is 0.308 e. The molecule has 20 heavy (non-hydrogen) atoms. The Kier molecular flexibility index (Phi) is 6.68. The lowest BCUT2D eigenvalue weighted by Crippen LogP contribution is -2.33. The largest absolute Gasteiger partial charge is 0.481 e. The molecule has 0 heterocycles. The molecule has 0 saturated heterocycles. The van der Waals surface area contributed by atoms with Gasteiger partial charge >= 0.3 is 5.97 Å². The highest BCUT2D eigenvalue weighted by Gasteiger charge is 2.20. The van der Waals surface area contributed by atoms with Crippen molar-refractivity contribution < 1.29 is 14.7 Å². The van der Waals surface area contributed by atoms with Crippen molar-refractivity contribution in [2.24, 2.45) is 11.8 Å². The van der Waals surface area contributed by atoms with E-state index in [1.165, 1.54) is 0 Å². The molecule has 1 atom stereocenters. The molecule has 1 aromatic rings. The van der Waals surface area contributed by atoms with Gasteiger partial charge in [-0.15, -0.1) is 0 Å². The average Bonchev–Trinajstić information content (AvgIpc) is 2.32. The van der Waals surface area contributed by atoms with Crippen molar-refractivity contribution in [1.29, 1.82) is 0 Å². The first-order chi connectivity index (χ1) is 9.29. The van der Waals surface area contributed by atoms with Crippen molar-refractivity contribution in [1.82, 2.24) is 5.32 Å². The lowest BCUT2D eigenvalue weighted by Gasteiger charge is -2.15. The van der Waals surface area contributed by atoms with Gasteiger partial charge in [0.15, 0.2) is 0 Å². The van der Waals surface area contributed by atoms with Crippen LogP contribution in [0.1, 0.15) is 30.6 Å². The number of aliphatic carboxylic acids is 1. The Morgan fingerprint density at radius 1 is 1.20 bits per heavy atom. The molecule has 6 heteroatoms. The Hall–Kier alpha value is -0.880. The van der Waals surface area contributed by atoms with Gasteiger partial charge in [-0.2, -0.15) is 0 Å². The minimum absolute atomic E-state index is 0.135. The molecule has 2 N–H and O–H groups in total. The van der Waals surface area contributed by atoms with Gasteiger partial charge in [0.25, 0.3) is 5.91 Å². The minimum atomic E-state index is -0.880. The number of rotatable bonds is 6. The second kappa shape index (κ2) is 7.78. The molecule has 1 rings (SSSR count). The van der Waals surface area contributed by atoms with Gasteiger partial charge in [0.1, 0.15) is 0 Å². The third-order valence-corrected chi connectivity index (χ3v) is 3.65. The Morgan fingerprint density at radius 2 is 1.75 bits per heavy atom. The summed E-state index contributed by atoms with van der Waals surface area (Å²) in [6, 6.07) is 5.21. The molecular formula is C14H17Br2NO3. The number of hydrogen-bond acceptors (Lipinski definition) is 2. The van der Waals surface area contributed by atoms with Crippen molar-refractivity contribution >= 4 is 43.7 Å². The monoisotopic (exact) mass is 405 g/mol. The Balaban J connectivity index is 2.67. The first-order valence-corrected chi connectivity index (χ1v) is 7.85. The molecule has 1 amide bonds. The van der Waals surface area contributed by atoms with Crippen LogP contribution in [0.2, 0.25) is 0 Å². The van der Waals surface area contributed by atoms with E-state index in [1.807, 2.05) is 19.9 Å². The summed E-state index contributed by atoms with van der Waals surface area (Å²) in [6.07, 6.45) is 0.539. The van der Waals surface area contributed by atoms with Crippen molar-refractivity contribution in [3.8, 4) is 0 Å². The van der Waals surface area contributed by atoms with Crippen molar-refractivity contribution in [2.75, 3.05) is 6.54 Å². The highest BCUT2D eigenvalue weighted by atomic mass is 79.9. The standard InChI is InChI=1S/C14H17Br2NO3/c1-8(2)3-10(14(19)20)7-17-13(18)9-4-11(15)6-12(16)5-9/h4-6,8,10H,3,7H2,1-2H3,(H,17,18)(H,19,20). The summed E-state index contributed by atoms with van der Waals surface area (Å²) in [5.41, 5.74) is 0.486. The molecule has 0 aliphatic rings. The minimum Gasteiger partial charge on any atom is -0.481 e. The van der Waals surface area contributed by atoms with E-state index in [0.717, 1.165) is 8.95 Å². The lowest BCUT2D eigenvalue weighted by atomic mass is 9.97. The van der Waals surface area contributed by atoms with Crippen molar-refractivity contribution in [3.05, 3.63) is 32.7 Å². The molecule has 0 aliphatic heterocycles. The van der Waals surface area contributed by atoms with Gasteiger partial charge in [-0.1, -0.05) is 45.7 Å². The molecule has 110 valence electrons. The lowest BCUT2D eigenvalue weighted by molar-refractivity contribution is -0.142. The first kappa shape index (κ1) is 17.2. The molecule has 0 bridgehead atoms. The molecule has 0 radical (unpaired) electrons. The number of hydrogen-bond donors (Lipinski definition) is 2. The van der Waals surface area contributed by atoms with Gasteiger partial charge < -0.3 is 10.4 Å². The van der Waals surface area contributed by atoms with E-state index in [-0.39, 0.29) is 18.4 Å². The number of carbonyl (C=O) groups is 2. The zero-order valence-corrected chi connectivity index (χ0v) is 14.5. The van der Waals surface area contributed by atoms with Crippen LogP contribution in [0, 0.1) is 11.8 Å². The summed E-state index contributed by atoms with van der Waals surface area (Å²) in [4.78, 5) is 23.1. The Morgan fingerprint density at radius 3 is 2.20 bits per heavy atom. The number of benzene rings is 1. The van der Waals surface area contributed by atoms with E-state index in [9.17, 15) is 9.59 Å². The van der Waals surface area contributed by atoms with E-state index < -0.39 is 11.9 Å². The van der Waals surface area contributed by atoms with Crippen molar-refractivity contribution in [2.45, 2.75) is 20.3 Å². The fourth-order valence-corrected chi connectivity index (χ4v) is 3.14. The van der Waals surface area contributed by atoms with Gasteiger partial charge in [-0.25, -0.2) is 0 Å². The molecule has 1 unspecified atom stereocenters. The maximum atomic E-state index is 12.0. The summed E-state index contributed by atoms with van der Waals surface area (Å²) in [5, 5.41) is 11.8. The second-order valence-electron chi connectivity index (χ2n) is 5.03. The molecule has 1 aromatic carbocycles. The quantitative estimate of drug-likeness (QED) is 0.756. The predicted molar refractivity (Wildman–Crippen MR) is 84.8 cm³/mol. The Bertz CT molecular complexity index is 483. The highest BCUT2D eigenvalue weighted by molar-refractivity contribution is 9.11. The van der Waals surface area contributed by atoms with Gasteiger partial charge in [0.05, 0.1) is 5.92 Å². The SMILES string of the molecule is CC(C)CC(CNC(=O)c1cc(Br)cc(Br)c1)C(=O)O. The van der Waals surface area contributed by atoms with Gasteiger partial charge in [-0.05, 0) is 30.5 Å². The number of carbonyl (C=O) groups excluding carboxylic acids is 1. The normalized spacial score (nSPS) is 12.2. The number of halogens is 2. The summed E-state index contributed by atoms with van der Waals surface area (Å²) < 4.78 is 1.57. The van der Waals surface area contributed by atoms with Crippen molar-refractivity contribution in [3.63, 3.8) is 0 Å². The summed E-state index contributed by atoms with van der Waals surface area (Å²) in [5.74, 6) is -1.45. The van der Waals surface area contributed by atoms with Crippen LogP contribution in [0.4, 0.5) is 0 Å². The van der Waals surface area contributed by atoms with Gasteiger partial charge in [0, 0.05) is 21.1 Å². The molecule has 0 spiro atoms. The number of carboxylic acids is 1.